The highest BCUT2D eigenvalue weighted by atomic mass is 32.2. The number of likely N-dealkylation sites (tertiary alicyclic amines) is 1. The molecule has 33 heavy (non-hydrogen) atoms. The van der Waals surface area contributed by atoms with Crippen LogP contribution >= 0.6 is 11.5 Å². The number of nitrogens with zero attached hydrogens (tertiary/aromatic N) is 3. The summed E-state index contributed by atoms with van der Waals surface area (Å²) in [6.07, 6.45) is 4.30. The molecule has 3 heterocycles. The van der Waals surface area contributed by atoms with Gasteiger partial charge in [0.25, 0.3) is 0 Å². The van der Waals surface area contributed by atoms with Crippen LogP contribution < -0.4 is 4.74 Å². The monoisotopic (exact) mass is 487 g/mol. The Bertz CT molecular complexity index is 1220. The van der Waals surface area contributed by atoms with Gasteiger partial charge in [0, 0.05) is 24.1 Å². The second-order valence-corrected chi connectivity index (χ2v) is 11.7. The first-order valence-electron chi connectivity index (χ1n) is 11.2. The van der Waals surface area contributed by atoms with E-state index in [1.54, 1.807) is 12.1 Å². The zero-order valence-electron chi connectivity index (χ0n) is 18.4. The molecule has 9 heteroatoms. The van der Waals surface area contributed by atoms with Gasteiger partial charge < -0.3 is 4.74 Å². The molecule has 174 valence electrons. The van der Waals surface area contributed by atoms with Crippen LogP contribution in [-0.2, 0) is 15.6 Å². The van der Waals surface area contributed by atoms with Crippen molar-refractivity contribution in [3.8, 4) is 5.75 Å². The van der Waals surface area contributed by atoms with Gasteiger partial charge in [-0.2, -0.15) is 4.37 Å². The molecule has 1 saturated heterocycles. The molecule has 2 aliphatic heterocycles. The Morgan fingerprint density at radius 3 is 2.73 bits per heavy atom. The lowest BCUT2D eigenvalue weighted by molar-refractivity contribution is 0.0487. The first-order chi connectivity index (χ1) is 15.9. The Kier molecular flexibility index (Phi) is 6.20. The fourth-order valence-electron chi connectivity index (χ4n) is 4.94. The number of sulfone groups is 1. The molecular formula is C24H26FN3O3S2. The fourth-order valence-corrected chi connectivity index (χ4v) is 7.05. The maximum absolute atomic E-state index is 13.5. The molecule has 0 N–H and O–H groups in total. The first kappa shape index (κ1) is 22.4. The van der Waals surface area contributed by atoms with Crippen LogP contribution in [0, 0.1) is 11.7 Å². The summed E-state index contributed by atoms with van der Waals surface area (Å²) in [6, 6.07) is 12.4. The van der Waals surface area contributed by atoms with E-state index in [2.05, 4.69) is 21.2 Å². The molecule has 2 aromatic carbocycles. The zero-order chi connectivity index (χ0) is 23.0. The molecule has 0 aliphatic carbocycles. The van der Waals surface area contributed by atoms with Gasteiger partial charge in [0.1, 0.15) is 28.7 Å². The predicted octanol–water partition coefficient (Wildman–Crippen LogP) is 4.95. The van der Waals surface area contributed by atoms with Crippen molar-refractivity contribution in [2.24, 2.45) is 5.92 Å². The number of piperidine rings is 1. The number of hydrogen-bond acceptors (Lipinski definition) is 7. The van der Waals surface area contributed by atoms with Gasteiger partial charge in [-0.3, -0.25) is 4.90 Å². The largest absolute Gasteiger partial charge is 0.493 e. The summed E-state index contributed by atoms with van der Waals surface area (Å²) in [4.78, 5) is 6.73. The summed E-state index contributed by atoms with van der Waals surface area (Å²) in [5, 5.41) is 0.469. The highest BCUT2D eigenvalue weighted by Crippen LogP contribution is 2.45. The van der Waals surface area contributed by atoms with Crippen molar-refractivity contribution in [3.63, 3.8) is 0 Å². The van der Waals surface area contributed by atoms with Crippen molar-refractivity contribution < 1.29 is 17.5 Å². The normalized spacial score (nSPS) is 23.6. The van der Waals surface area contributed by atoms with E-state index >= 15 is 0 Å². The number of fused-ring (bicyclic) bond motifs is 1. The van der Waals surface area contributed by atoms with Gasteiger partial charge in [-0.15, -0.1) is 0 Å². The summed E-state index contributed by atoms with van der Waals surface area (Å²) in [5.41, 5.74) is 2.13. The number of hydrogen-bond donors (Lipinski definition) is 0. The van der Waals surface area contributed by atoms with E-state index in [9.17, 15) is 12.8 Å². The lowest BCUT2D eigenvalue weighted by atomic mass is 9.85. The molecule has 5 rings (SSSR count). The Labute approximate surface area is 197 Å². The Hall–Kier alpha value is -2.36. The maximum atomic E-state index is 13.5. The fraction of sp³-hybridized carbons (Fsp3) is 0.417. The van der Waals surface area contributed by atoms with E-state index in [1.807, 2.05) is 18.2 Å². The molecule has 0 radical (unpaired) electrons. The molecule has 3 atom stereocenters. The van der Waals surface area contributed by atoms with Crippen LogP contribution in [0.1, 0.15) is 54.4 Å². The van der Waals surface area contributed by atoms with E-state index in [1.165, 1.54) is 18.5 Å². The van der Waals surface area contributed by atoms with Crippen molar-refractivity contribution in [3.05, 3.63) is 70.7 Å². The average molecular weight is 488 g/mol. The predicted molar refractivity (Wildman–Crippen MR) is 124 cm³/mol. The third-order valence-corrected chi connectivity index (χ3v) is 9.10. The molecule has 1 aromatic heterocycles. The molecule has 0 bridgehead atoms. The second kappa shape index (κ2) is 9.12. The number of aromatic nitrogens is 2. The van der Waals surface area contributed by atoms with E-state index in [4.69, 9.17) is 4.74 Å². The van der Waals surface area contributed by atoms with E-state index in [-0.39, 0.29) is 28.5 Å². The Morgan fingerprint density at radius 2 is 1.97 bits per heavy atom. The highest BCUT2D eigenvalue weighted by molar-refractivity contribution is 7.90. The zero-order valence-corrected chi connectivity index (χ0v) is 20.0. The summed E-state index contributed by atoms with van der Waals surface area (Å²) in [7, 11) is -3.55. The van der Waals surface area contributed by atoms with Gasteiger partial charge in [-0.1, -0.05) is 25.1 Å². The first-order valence-corrected chi connectivity index (χ1v) is 13.6. The molecule has 0 saturated carbocycles. The van der Waals surface area contributed by atoms with Crippen molar-refractivity contribution >= 4 is 21.4 Å². The van der Waals surface area contributed by atoms with Gasteiger partial charge in [0.15, 0.2) is 9.84 Å². The standard InChI is InChI=1S/C24H26FN3O3S2/c1-16-8-10-28(22(12-16)17-2-4-18(25)5-3-17)21-9-11-31-23-13-19(6-7-20(21)23)33(29,30)14-24-26-15-27-32-24/h2-7,13,15-16,21-22H,8-12,14H2,1H3/t16-,21-,22+/m0/s1. The third-order valence-electron chi connectivity index (χ3n) is 6.63. The average Bonchev–Trinajstić information content (AvgIpc) is 3.31. The SMILES string of the molecule is C[C@H]1CCN([C@H]2CCOc3cc(S(=O)(=O)Cc4ncns4)ccc32)[C@@H](c2ccc(F)cc2)C1. The van der Waals surface area contributed by atoms with E-state index in [0.29, 0.717) is 23.3 Å². The van der Waals surface area contributed by atoms with Gasteiger partial charge in [-0.25, -0.2) is 17.8 Å². The molecule has 6 nitrogen and oxygen atoms in total. The van der Waals surface area contributed by atoms with Gasteiger partial charge in [0.2, 0.25) is 0 Å². The molecule has 2 aliphatic rings. The van der Waals surface area contributed by atoms with Crippen LogP contribution in [0.3, 0.4) is 0 Å². The third kappa shape index (κ3) is 4.67. The van der Waals surface area contributed by atoms with Gasteiger partial charge >= 0.3 is 0 Å². The summed E-state index contributed by atoms with van der Waals surface area (Å²) in [5.74, 6) is 0.814. The lowest BCUT2D eigenvalue weighted by Gasteiger charge is -2.45. The second-order valence-electron chi connectivity index (χ2n) is 8.88. The molecule has 1 fully saturated rings. The minimum atomic E-state index is -3.55. The van der Waals surface area contributed by atoms with Crippen LogP contribution in [0.5, 0.6) is 5.75 Å². The highest BCUT2D eigenvalue weighted by Gasteiger charge is 2.36. The lowest BCUT2D eigenvalue weighted by Crippen LogP contribution is -2.40. The number of halogens is 1. The Morgan fingerprint density at radius 1 is 1.15 bits per heavy atom. The van der Waals surface area contributed by atoms with Crippen LogP contribution in [-0.4, -0.2) is 35.8 Å². The van der Waals surface area contributed by atoms with Crippen LogP contribution in [0.2, 0.25) is 0 Å². The van der Waals surface area contributed by atoms with Crippen molar-refractivity contribution in [2.45, 2.75) is 48.9 Å². The van der Waals surface area contributed by atoms with E-state index in [0.717, 1.165) is 48.5 Å². The quantitative estimate of drug-likeness (QED) is 0.507. The molecule has 0 amide bonds. The number of ether oxygens (including phenoxy) is 1. The molecule has 0 spiro atoms. The van der Waals surface area contributed by atoms with Crippen LogP contribution in [0.25, 0.3) is 0 Å². The van der Waals surface area contributed by atoms with Gasteiger partial charge in [-0.05, 0) is 66.7 Å². The minimum absolute atomic E-state index is 0.121. The van der Waals surface area contributed by atoms with Crippen molar-refractivity contribution in [2.75, 3.05) is 13.2 Å². The van der Waals surface area contributed by atoms with E-state index < -0.39 is 9.84 Å². The minimum Gasteiger partial charge on any atom is -0.493 e. The van der Waals surface area contributed by atoms with Crippen LogP contribution in [0.4, 0.5) is 4.39 Å². The summed E-state index contributed by atoms with van der Waals surface area (Å²) in [6.45, 7) is 3.73. The molecule has 3 aromatic rings. The van der Waals surface area contributed by atoms with Crippen molar-refractivity contribution in [1.82, 2.24) is 14.3 Å². The summed E-state index contributed by atoms with van der Waals surface area (Å²) >= 11 is 1.09. The maximum Gasteiger partial charge on any atom is 0.185 e. The Balaban J connectivity index is 1.45. The smallest absolute Gasteiger partial charge is 0.185 e. The topological polar surface area (TPSA) is 72.4 Å². The van der Waals surface area contributed by atoms with Crippen molar-refractivity contribution in [1.29, 1.82) is 0 Å². The van der Waals surface area contributed by atoms with Crippen LogP contribution in [0.15, 0.2) is 53.7 Å². The number of rotatable bonds is 5. The molecular weight excluding hydrogens is 461 g/mol. The number of benzene rings is 2. The molecule has 0 unspecified atom stereocenters. The summed E-state index contributed by atoms with van der Waals surface area (Å²) < 4.78 is 49.2. The van der Waals surface area contributed by atoms with Gasteiger partial charge in [0.05, 0.1) is 11.5 Å².